The van der Waals surface area contributed by atoms with Gasteiger partial charge in [-0.05, 0) is 77.3 Å². The van der Waals surface area contributed by atoms with Crippen LogP contribution in [0.25, 0.3) is 0 Å². The Morgan fingerprint density at radius 2 is 1.86 bits per heavy atom. The summed E-state index contributed by atoms with van der Waals surface area (Å²) < 4.78 is 0. The molecule has 3 nitrogen and oxygen atoms in total. The molecule has 0 spiro atoms. The van der Waals surface area contributed by atoms with Crippen molar-refractivity contribution in [1.29, 1.82) is 0 Å². The zero-order chi connectivity index (χ0) is 20.6. The average molecular weight is 391 g/mol. The van der Waals surface area contributed by atoms with E-state index in [4.69, 9.17) is 0 Å². The van der Waals surface area contributed by atoms with Gasteiger partial charge < -0.3 is 10.6 Å². The minimum atomic E-state index is -0.174. The quantitative estimate of drug-likeness (QED) is 0.577. The lowest BCUT2D eigenvalue weighted by molar-refractivity contribution is 0.118. The van der Waals surface area contributed by atoms with Gasteiger partial charge in [0.1, 0.15) is 0 Å². The van der Waals surface area contributed by atoms with E-state index in [1.807, 2.05) is 30.3 Å². The number of aryl methyl sites for hydroxylation is 1. The minimum absolute atomic E-state index is 0.174. The molecule has 2 N–H and O–H groups in total. The fraction of sp³-hybridized carbons (Fsp3) is 0.500. The van der Waals surface area contributed by atoms with E-state index in [0.717, 1.165) is 29.6 Å². The molecule has 3 unspecified atom stereocenters. The third-order valence-corrected chi connectivity index (χ3v) is 7.38. The molecule has 0 aliphatic heterocycles. The lowest BCUT2D eigenvalue weighted by atomic mass is 9.55. The summed E-state index contributed by atoms with van der Waals surface area (Å²) in [5.41, 5.74) is 6.20. The number of benzene rings is 2. The molecule has 0 heterocycles. The molecular formula is C26H34N2O. The number of amides is 2. The van der Waals surface area contributed by atoms with E-state index in [-0.39, 0.29) is 11.4 Å². The molecule has 2 aliphatic carbocycles. The Hall–Kier alpha value is -2.29. The summed E-state index contributed by atoms with van der Waals surface area (Å²) in [5, 5.41) is 6.12. The van der Waals surface area contributed by atoms with E-state index in [9.17, 15) is 4.79 Å². The SMILES string of the molecule is CC(C)c1cc2c(cc1NC(=O)Nc1ccccc1)C1(C)CCCC(C)C1CC2. The molecule has 1 saturated carbocycles. The second-order valence-electron chi connectivity index (χ2n) is 9.63. The predicted molar refractivity (Wildman–Crippen MR) is 122 cm³/mol. The van der Waals surface area contributed by atoms with Crippen LogP contribution >= 0.6 is 0 Å². The zero-order valence-corrected chi connectivity index (χ0v) is 18.2. The highest BCUT2D eigenvalue weighted by Gasteiger charge is 2.45. The summed E-state index contributed by atoms with van der Waals surface area (Å²) in [6.45, 7) is 9.31. The topological polar surface area (TPSA) is 41.1 Å². The number of urea groups is 1. The molecule has 1 fully saturated rings. The van der Waals surface area contributed by atoms with Crippen LogP contribution in [-0.4, -0.2) is 6.03 Å². The highest BCUT2D eigenvalue weighted by atomic mass is 16.2. The maximum atomic E-state index is 12.7. The zero-order valence-electron chi connectivity index (χ0n) is 18.2. The van der Waals surface area contributed by atoms with E-state index in [2.05, 4.69) is 50.5 Å². The lowest BCUT2D eigenvalue weighted by Gasteiger charge is -2.50. The second kappa shape index (κ2) is 7.85. The van der Waals surface area contributed by atoms with Crippen molar-refractivity contribution in [3.05, 3.63) is 59.2 Å². The van der Waals surface area contributed by atoms with Gasteiger partial charge in [0, 0.05) is 11.4 Å². The Balaban J connectivity index is 1.68. The van der Waals surface area contributed by atoms with E-state index >= 15 is 0 Å². The summed E-state index contributed by atoms with van der Waals surface area (Å²) >= 11 is 0. The van der Waals surface area contributed by atoms with Crippen molar-refractivity contribution < 1.29 is 4.79 Å². The van der Waals surface area contributed by atoms with Crippen molar-refractivity contribution in [1.82, 2.24) is 0 Å². The van der Waals surface area contributed by atoms with Crippen LogP contribution in [0.1, 0.15) is 76.0 Å². The smallest absolute Gasteiger partial charge is 0.308 e. The number of anilines is 2. The first kappa shape index (κ1) is 20.0. The molecule has 2 aromatic carbocycles. The Morgan fingerprint density at radius 1 is 1.10 bits per heavy atom. The minimum Gasteiger partial charge on any atom is -0.308 e. The van der Waals surface area contributed by atoms with Crippen LogP contribution < -0.4 is 10.6 Å². The van der Waals surface area contributed by atoms with Crippen LogP contribution in [0.5, 0.6) is 0 Å². The first-order valence-corrected chi connectivity index (χ1v) is 11.2. The number of hydrogen-bond acceptors (Lipinski definition) is 1. The van der Waals surface area contributed by atoms with Gasteiger partial charge in [0.25, 0.3) is 0 Å². The largest absolute Gasteiger partial charge is 0.323 e. The number of rotatable bonds is 3. The summed E-state index contributed by atoms with van der Waals surface area (Å²) in [6, 6.07) is 14.1. The van der Waals surface area contributed by atoms with Crippen molar-refractivity contribution in [2.75, 3.05) is 10.6 Å². The van der Waals surface area contributed by atoms with Crippen molar-refractivity contribution in [3.63, 3.8) is 0 Å². The molecule has 0 aromatic heterocycles. The number of fused-ring (bicyclic) bond motifs is 3. The summed E-state index contributed by atoms with van der Waals surface area (Å²) in [5.74, 6) is 1.90. The maximum absolute atomic E-state index is 12.7. The van der Waals surface area contributed by atoms with Crippen LogP contribution in [0.15, 0.2) is 42.5 Å². The Labute approximate surface area is 175 Å². The summed E-state index contributed by atoms with van der Waals surface area (Å²) in [7, 11) is 0. The van der Waals surface area contributed by atoms with Crippen molar-refractivity contribution in [3.8, 4) is 0 Å². The predicted octanol–water partition coefficient (Wildman–Crippen LogP) is 7.09. The lowest BCUT2D eigenvalue weighted by Crippen LogP contribution is -2.43. The van der Waals surface area contributed by atoms with Crippen LogP contribution in [0.2, 0.25) is 0 Å². The molecule has 154 valence electrons. The fourth-order valence-electron chi connectivity index (χ4n) is 5.85. The summed E-state index contributed by atoms with van der Waals surface area (Å²) in [4.78, 5) is 12.7. The van der Waals surface area contributed by atoms with Gasteiger partial charge in [-0.25, -0.2) is 4.79 Å². The van der Waals surface area contributed by atoms with Crippen LogP contribution in [0.3, 0.4) is 0 Å². The number of hydrogen-bond donors (Lipinski definition) is 2. The highest BCUT2D eigenvalue weighted by Crippen LogP contribution is 2.53. The first-order valence-electron chi connectivity index (χ1n) is 11.2. The molecular weight excluding hydrogens is 356 g/mol. The van der Waals surface area contributed by atoms with E-state index < -0.39 is 0 Å². The normalized spacial score (nSPS) is 25.8. The van der Waals surface area contributed by atoms with Gasteiger partial charge in [0.15, 0.2) is 0 Å². The van der Waals surface area contributed by atoms with Gasteiger partial charge in [0.05, 0.1) is 0 Å². The van der Waals surface area contributed by atoms with Gasteiger partial charge in [0.2, 0.25) is 0 Å². The van der Waals surface area contributed by atoms with Gasteiger partial charge in [-0.2, -0.15) is 0 Å². The Morgan fingerprint density at radius 3 is 2.59 bits per heavy atom. The molecule has 2 aliphatic rings. The van der Waals surface area contributed by atoms with Crippen LogP contribution in [-0.2, 0) is 11.8 Å². The van der Waals surface area contributed by atoms with E-state index in [0.29, 0.717) is 5.92 Å². The maximum Gasteiger partial charge on any atom is 0.323 e. The molecule has 2 aromatic rings. The van der Waals surface area contributed by atoms with E-state index in [1.54, 1.807) is 0 Å². The summed E-state index contributed by atoms with van der Waals surface area (Å²) in [6.07, 6.45) is 6.37. The molecule has 4 rings (SSSR count). The Bertz CT molecular complexity index is 889. The van der Waals surface area contributed by atoms with Crippen molar-refractivity contribution >= 4 is 17.4 Å². The molecule has 0 saturated heterocycles. The third kappa shape index (κ3) is 3.80. The third-order valence-electron chi connectivity index (χ3n) is 7.38. The number of para-hydroxylation sites is 1. The van der Waals surface area contributed by atoms with Crippen molar-refractivity contribution in [2.24, 2.45) is 11.8 Å². The van der Waals surface area contributed by atoms with Crippen LogP contribution in [0, 0.1) is 11.8 Å². The van der Waals surface area contributed by atoms with Gasteiger partial charge in [-0.3, -0.25) is 0 Å². The second-order valence-corrected chi connectivity index (χ2v) is 9.63. The van der Waals surface area contributed by atoms with Crippen molar-refractivity contribution in [2.45, 2.75) is 71.1 Å². The monoisotopic (exact) mass is 390 g/mol. The number of nitrogens with one attached hydrogen (secondary N) is 2. The standard InChI is InChI=1S/C26H34N2O/c1-17(2)21-15-19-12-13-22-18(3)9-8-14-26(22,4)23(19)16-24(21)28-25(29)27-20-10-6-5-7-11-20/h5-7,10-11,15-18,22H,8-9,12-14H2,1-4H3,(H2,27,28,29). The first-order chi connectivity index (χ1) is 13.9. The van der Waals surface area contributed by atoms with Gasteiger partial charge in [-0.1, -0.05) is 64.8 Å². The average Bonchev–Trinajstić information content (AvgIpc) is 2.68. The van der Waals surface area contributed by atoms with Crippen LogP contribution in [0.4, 0.5) is 16.2 Å². The fourth-order valence-corrected chi connectivity index (χ4v) is 5.85. The highest BCUT2D eigenvalue weighted by molar-refractivity contribution is 6.00. The molecule has 29 heavy (non-hydrogen) atoms. The van der Waals surface area contributed by atoms with E-state index in [1.165, 1.54) is 42.4 Å². The number of carbonyl (C=O) groups excluding carboxylic acids is 1. The van der Waals surface area contributed by atoms with Gasteiger partial charge >= 0.3 is 6.03 Å². The molecule has 0 bridgehead atoms. The number of carbonyl (C=O) groups is 1. The molecule has 3 heteroatoms. The van der Waals surface area contributed by atoms with Gasteiger partial charge in [-0.15, -0.1) is 0 Å². The molecule has 3 atom stereocenters. The Kier molecular flexibility index (Phi) is 5.42. The molecule has 2 amide bonds. The molecule has 0 radical (unpaired) electrons.